The van der Waals surface area contributed by atoms with Crippen molar-refractivity contribution >= 4 is 35.0 Å². The number of amides is 1. The van der Waals surface area contributed by atoms with Gasteiger partial charge in [0.1, 0.15) is 0 Å². The number of aromatic nitrogens is 3. The van der Waals surface area contributed by atoms with Crippen LogP contribution in [0.4, 0.5) is 0 Å². The second-order valence-electron chi connectivity index (χ2n) is 7.49. The maximum Gasteiger partial charge on any atom is 0.305 e. The molecular weight excluding hydrogens is 432 g/mol. The number of nitrogens with zero attached hydrogens (tertiary/aromatic N) is 3. The molecule has 2 heterocycles. The molecule has 0 bridgehead atoms. The van der Waals surface area contributed by atoms with Gasteiger partial charge in [0.15, 0.2) is 11.0 Å². The second-order valence-corrected chi connectivity index (χ2v) is 9.75. The zero-order chi connectivity index (χ0) is 21.8. The fraction of sp³-hybridized carbons (Fsp3) is 0.364. The number of hydrogen-bond donors (Lipinski definition) is 2. The number of hydrogen-bond acceptors (Lipinski definition) is 6. The maximum atomic E-state index is 13.0. The Morgan fingerprint density at radius 3 is 2.90 bits per heavy atom. The highest BCUT2D eigenvalue weighted by atomic mass is 32.2. The van der Waals surface area contributed by atoms with Crippen LogP contribution in [-0.4, -0.2) is 37.0 Å². The number of nitrogens with one attached hydrogen (secondary N) is 1. The van der Waals surface area contributed by atoms with Gasteiger partial charge in [0.25, 0.3) is 0 Å². The molecule has 1 aliphatic carbocycles. The molecule has 0 saturated heterocycles. The average Bonchev–Trinajstić information content (AvgIpc) is 3.42. The van der Waals surface area contributed by atoms with Gasteiger partial charge in [-0.25, -0.2) is 0 Å². The number of carbonyl (C=O) groups is 2. The fourth-order valence-electron chi connectivity index (χ4n) is 3.78. The Hall–Kier alpha value is -2.65. The zero-order valence-corrected chi connectivity index (χ0v) is 18.8. The number of carbonyl (C=O) groups excluding carboxylic acids is 1. The van der Waals surface area contributed by atoms with Gasteiger partial charge in [-0.2, -0.15) is 0 Å². The third-order valence-electron chi connectivity index (χ3n) is 5.35. The predicted molar refractivity (Wildman–Crippen MR) is 121 cm³/mol. The zero-order valence-electron chi connectivity index (χ0n) is 17.2. The molecule has 0 aliphatic heterocycles. The monoisotopic (exact) mass is 456 g/mol. The molecule has 31 heavy (non-hydrogen) atoms. The highest BCUT2D eigenvalue weighted by Gasteiger charge is 2.26. The number of carboxylic acids is 1. The van der Waals surface area contributed by atoms with Crippen LogP contribution in [-0.2, 0) is 22.6 Å². The molecule has 0 unspecified atom stereocenters. The molecule has 4 rings (SSSR count). The highest BCUT2D eigenvalue weighted by Crippen LogP contribution is 2.32. The fourth-order valence-corrected chi connectivity index (χ4v) is 5.38. The van der Waals surface area contributed by atoms with E-state index in [1.165, 1.54) is 34.2 Å². The van der Waals surface area contributed by atoms with Crippen molar-refractivity contribution in [3.05, 3.63) is 52.9 Å². The third-order valence-corrected chi connectivity index (χ3v) is 7.29. The molecule has 9 heteroatoms. The molecule has 162 valence electrons. The lowest BCUT2D eigenvalue weighted by Gasteiger charge is -2.27. The first-order valence-corrected chi connectivity index (χ1v) is 12.0. The minimum atomic E-state index is -0.886. The van der Waals surface area contributed by atoms with E-state index in [4.69, 9.17) is 5.11 Å². The van der Waals surface area contributed by atoms with Crippen molar-refractivity contribution in [1.82, 2.24) is 20.1 Å². The van der Waals surface area contributed by atoms with Crippen LogP contribution in [0.2, 0.25) is 0 Å². The van der Waals surface area contributed by atoms with Crippen molar-refractivity contribution in [2.75, 3.05) is 0 Å². The molecule has 0 spiro atoms. The topological polar surface area (TPSA) is 97.1 Å². The number of aliphatic carboxylic acids is 1. The molecule has 7 nitrogen and oxygen atoms in total. The van der Waals surface area contributed by atoms with Gasteiger partial charge in [-0.15, -0.1) is 21.5 Å². The molecule has 3 aromatic rings. The van der Waals surface area contributed by atoms with Crippen LogP contribution < -0.4 is 5.32 Å². The summed E-state index contributed by atoms with van der Waals surface area (Å²) in [7, 11) is 0. The minimum Gasteiger partial charge on any atom is -0.481 e. The lowest BCUT2D eigenvalue weighted by molar-refractivity contribution is -0.137. The van der Waals surface area contributed by atoms with Gasteiger partial charge in [-0.3, -0.25) is 9.59 Å². The minimum absolute atomic E-state index is 0.0204. The molecule has 2 aromatic heterocycles. The van der Waals surface area contributed by atoms with Gasteiger partial charge in [0.05, 0.1) is 22.6 Å². The Balaban J connectivity index is 1.48. The summed E-state index contributed by atoms with van der Waals surface area (Å²) in [4.78, 5) is 25.0. The van der Waals surface area contributed by atoms with E-state index >= 15 is 0 Å². The number of thiophene rings is 1. The van der Waals surface area contributed by atoms with Gasteiger partial charge < -0.3 is 15.0 Å². The van der Waals surface area contributed by atoms with E-state index in [0.29, 0.717) is 11.0 Å². The molecule has 0 saturated carbocycles. The summed E-state index contributed by atoms with van der Waals surface area (Å²) in [6.07, 6.45) is 2.99. The summed E-state index contributed by atoms with van der Waals surface area (Å²) in [5.74, 6) is -0.312. The van der Waals surface area contributed by atoms with Crippen molar-refractivity contribution in [1.29, 1.82) is 0 Å². The second kappa shape index (κ2) is 9.65. The molecule has 1 aliphatic rings. The smallest absolute Gasteiger partial charge is 0.305 e. The lowest BCUT2D eigenvalue weighted by Crippen LogP contribution is -2.36. The number of thioether (sulfide) groups is 1. The Morgan fingerprint density at radius 2 is 2.13 bits per heavy atom. The lowest BCUT2D eigenvalue weighted by atomic mass is 9.88. The Morgan fingerprint density at radius 1 is 1.29 bits per heavy atom. The molecule has 1 aromatic carbocycles. The van der Waals surface area contributed by atoms with Crippen molar-refractivity contribution in [3.8, 4) is 10.7 Å². The SMILES string of the molecule is C[C@@H](Sc1nnc(-c2cccs2)n1CCC(=O)O)C(=O)N[C@H]1CCCc2ccccc21. The molecule has 2 atom stereocenters. The van der Waals surface area contributed by atoms with Crippen LogP contribution in [0, 0.1) is 0 Å². The Kier molecular flexibility index (Phi) is 6.72. The quantitative estimate of drug-likeness (QED) is 0.494. The molecular formula is C22H24N4O3S2. The van der Waals surface area contributed by atoms with Gasteiger partial charge in [0.2, 0.25) is 5.91 Å². The highest BCUT2D eigenvalue weighted by molar-refractivity contribution is 8.00. The van der Waals surface area contributed by atoms with Crippen LogP contribution in [0.25, 0.3) is 10.7 Å². The molecule has 1 amide bonds. The Bertz CT molecular complexity index is 1060. The van der Waals surface area contributed by atoms with Crippen LogP contribution in [0.1, 0.15) is 43.4 Å². The Labute approximate surface area is 188 Å². The van der Waals surface area contributed by atoms with Gasteiger partial charge in [-0.1, -0.05) is 42.1 Å². The summed E-state index contributed by atoms with van der Waals surface area (Å²) < 4.78 is 1.80. The first-order valence-electron chi connectivity index (χ1n) is 10.3. The van der Waals surface area contributed by atoms with E-state index < -0.39 is 11.2 Å². The summed E-state index contributed by atoms with van der Waals surface area (Å²) in [5, 5.41) is 23.0. The summed E-state index contributed by atoms with van der Waals surface area (Å²) in [6.45, 7) is 2.10. The van der Waals surface area contributed by atoms with E-state index in [1.54, 1.807) is 4.57 Å². The van der Waals surface area contributed by atoms with Crippen LogP contribution in [0.15, 0.2) is 46.9 Å². The van der Waals surface area contributed by atoms with Crippen molar-refractivity contribution < 1.29 is 14.7 Å². The predicted octanol–water partition coefficient (Wildman–Crippen LogP) is 4.16. The number of rotatable bonds is 8. The molecule has 0 fully saturated rings. The van der Waals surface area contributed by atoms with Crippen LogP contribution in [0.5, 0.6) is 0 Å². The summed E-state index contributed by atoms with van der Waals surface area (Å²) in [6, 6.07) is 12.1. The van der Waals surface area contributed by atoms with Gasteiger partial charge in [-0.05, 0) is 48.8 Å². The van der Waals surface area contributed by atoms with E-state index in [-0.39, 0.29) is 24.9 Å². The van der Waals surface area contributed by atoms with Gasteiger partial charge in [0, 0.05) is 6.54 Å². The maximum absolute atomic E-state index is 13.0. The number of aryl methyl sites for hydroxylation is 1. The molecule has 2 N–H and O–H groups in total. The first kappa shape index (κ1) is 21.6. The van der Waals surface area contributed by atoms with Crippen molar-refractivity contribution in [2.45, 2.75) is 55.6 Å². The summed E-state index contributed by atoms with van der Waals surface area (Å²) in [5.41, 5.74) is 2.50. The van der Waals surface area contributed by atoms with E-state index in [1.807, 2.05) is 36.6 Å². The van der Waals surface area contributed by atoms with Crippen molar-refractivity contribution in [2.24, 2.45) is 0 Å². The van der Waals surface area contributed by atoms with Crippen LogP contribution >= 0.6 is 23.1 Å². The van der Waals surface area contributed by atoms with E-state index in [0.717, 1.165) is 24.1 Å². The largest absolute Gasteiger partial charge is 0.481 e. The first-order chi connectivity index (χ1) is 15.0. The summed E-state index contributed by atoms with van der Waals surface area (Å²) >= 11 is 2.83. The normalized spacial score (nSPS) is 16.5. The van der Waals surface area contributed by atoms with Crippen LogP contribution in [0.3, 0.4) is 0 Å². The number of fused-ring (bicyclic) bond motifs is 1. The average molecular weight is 457 g/mol. The third kappa shape index (κ3) is 4.99. The number of benzene rings is 1. The van der Waals surface area contributed by atoms with Crippen molar-refractivity contribution in [3.63, 3.8) is 0 Å². The number of carboxylic acid groups (broad SMARTS) is 1. The van der Waals surface area contributed by atoms with E-state index in [2.05, 4.69) is 27.6 Å². The molecule has 0 radical (unpaired) electrons. The van der Waals surface area contributed by atoms with Gasteiger partial charge >= 0.3 is 5.97 Å². The van der Waals surface area contributed by atoms with E-state index in [9.17, 15) is 9.59 Å². The standard InChI is InChI=1S/C22H24N4O3S2/c1-14(21(29)23-17-9-4-7-15-6-2-3-8-16(15)17)31-22-25-24-20(18-10-5-13-30-18)26(22)12-11-19(27)28/h2-3,5-6,8,10,13-14,17H,4,7,9,11-12H2,1H3,(H,23,29)(H,27,28)/t14-,17+/m1/s1.